The number of rotatable bonds is 5. The molecule has 3 heterocycles. The van der Waals surface area contributed by atoms with Crippen molar-refractivity contribution in [2.45, 2.75) is 31.2 Å². The van der Waals surface area contributed by atoms with Gasteiger partial charge in [0.05, 0.1) is 24.5 Å². The van der Waals surface area contributed by atoms with Gasteiger partial charge in [-0.05, 0) is 23.3 Å². The smallest absolute Gasteiger partial charge is 0.363 e. The Balaban J connectivity index is 1.33. The van der Waals surface area contributed by atoms with Gasteiger partial charge in [0.25, 0.3) is 5.91 Å². The van der Waals surface area contributed by atoms with Gasteiger partial charge in [-0.3, -0.25) is 9.48 Å². The van der Waals surface area contributed by atoms with E-state index in [4.69, 9.17) is 0 Å². The number of hydrogen-bond acceptors (Lipinski definition) is 4. The molecule has 0 aliphatic carbocycles. The number of nitrogens with zero attached hydrogens (tertiary/aromatic N) is 4. The van der Waals surface area contributed by atoms with Gasteiger partial charge < -0.3 is 10.6 Å². The molecule has 2 aromatic carbocycles. The van der Waals surface area contributed by atoms with Crippen LogP contribution >= 0.6 is 0 Å². The van der Waals surface area contributed by atoms with E-state index in [2.05, 4.69) is 20.8 Å². The lowest BCUT2D eigenvalue weighted by Gasteiger charge is -2.33. The predicted octanol–water partition coefficient (Wildman–Crippen LogP) is 5.18. The number of amides is 1. The highest BCUT2D eigenvalue weighted by Gasteiger charge is 2.46. The zero-order valence-electron chi connectivity index (χ0n) is 18.2. The maximum Gasteiger partial charge on any atom is 0.410 e. The van der Waals surface area contributed by atoms with Gasteiger partial charge in [0, 0.05) is 18.7 Å². The van der Waals surface area contributed by atoms with Crippen LogP contribution in [0.15, 0.2) is 73.1 Å². The molecule has 35 heavy (non-hydrogen) atoms. The lowest BCUT2D eigenvalue weighted by atomic mass is 9.97. The number of fused-ring (bicyclic) bond motifs is 1. The van der Waals surface area contributed by atoms with Gasteiger partial charge in [-0.2, -0.15) is 23.4 Å². The van der Waals surface area contributed by atoms with E-state index in [1.165, 1.54) is 24.4 Å². The third-order valence-electron chi connectivity index (χ3n) is 5.77. The van der Waals surface area contributed by atoms with E-state index >= 15 is 0 Å². The van der Waals surface area contributed by atoms with Crippen LogP contribution in [0.4, 0.5) is 29.1 Å². The Labute approximate surface area is 197 Å². The minimum Gasteiger partial charge on any atom is -0.363 e. The zero-order chi connectivity index (χ0) is 24.6. The van der Waals surface area contributed by atoms with Gasteiger partial charge >= 0.3 is 6.18 Å². The normalized spacial score (nSPS) is 17.5. The molecule has 2 aromatic heterocycles. The summed E-state index contributed by atoms with van der Waals surface area (Å²) in [5, 5.41) is 13.8. The van der Waals surface area contributed by atoms with Crippen molar-refractivity contribution in [1.82, 2.24) is 19.6 Å². The Hall–Kier alpha value is -4.15. The highest BCUT2D eigenvalue weighted by Crippen LogP contribution is 2.43. The fourth-order valence-corrected chi connectivity index (χ4v) is 4.07. The van der Waals surface area contributed by atoms with Gasteiger partial charge in [-0.15, -0.1) is 0 Å². The fourth-order valence-electron chi connectivity index (χ4n) is 4.07. The van der Waals surface area contributed by atoms with Crippen molar-refractivity contribution in [1.29, 1.82) is 0 Å². The monoisotopic (exact) mass is 484 g/mol. The van der Waals surface area contributed by atoms with Crippen molar-refractivity contribution >= 4 is 17.4 Å². The fraction of sp³-hybridized carbons (Fsp3) is 0.208. The van der Waals surface area contributed by atoms with Crippen LogP contribution in [-0.4, -0.2) is 31.6 Å². The van der Waals surface area contributed by atoms with Crippen LogP contribution in [0.5, 0.6) is 0 Å². The molecule has 1 amide bonds. The summed E-state index contributed by atoms with van der Waals surface area (Å²) >= 11 is 0. The first-order valence-corrected chi connectivity index (χ1v) is 10.8. The molecule has 0 spiro atoms. The van der Waals surface area contributed by atoms with Crippen LogP contribution in [-0.2, 0) is 6.54 Å². The topological polar surface area (TPSA) is 76.8 Å². The van der Waals surface area contributed by atoms with Crippen molar-refractivity contribution in [2.75, 3.05) is 10.6 Å². The summed E-state index contributed by atoms with van der Waals surface area (Å²) in [7, 11) is 0. The molecule has 1 aliphatic rings. The number of carbonyl (C=O) groups is 1. The van der Waals surface area contributed by atoms with Crippen LogP contribution in [0, 0.1) is 5.82 Å². The molecule has 4 aromatic rings. The second kappa shape index (κ2) is 8.90. The summed E-state index contributed by atoms with van der Waals surface area (Å²) in [6, 6.07) is 13.6. The van der Waals surface area contributed by atoms with E-state index < -0.39 is 24.2 Å². The van der Waals surface area contributed by atoms with Crippen LogP contribution in [0.1, 0.15) is 40.1 Å². The lowest BCUT2D eigenvalue weighted by molar-refractivity contribution is -0.173. The molecule has 7 nitrogen and oxygen atoms in total. The van der Waals surface area contributed by atoms with Gasteiger partial charge in [-0.25, -0.2) is 9.07 Å². The second-order valence-electron chi connectivity index (χ2n) is 8.27. The number of aromatic nitrogens is 4. The van der Waals surface area contributed by atoms with E-state index in [9.17, 15) is 22.4 Å². The SMILES string of the molecule is O=C(Nc1cnn(Cc2ccc(F)cc2)c1)c1cc2n(n1)[C@@H](C(F)(F)F)C[C@@H](c1ccccc1)N2. The first-order chi connectivity index (χ1) is 16.8. The van der Waals surface area contributed by atoms with E-state index in [1.54, 1.807) is 53.3 Å². The van der Waals surface area contributed by atoms with Crippen molar-refractivity contribution in [3.05, 3.63) is 95.7 Å². The molecular weight excluding hydrogens is 464 g/mol. The summed E-state index contributed by atoms with van der Waals surface area (Å²) in [6.07, 6.45) is -1.80. The lowest BCUT2D eigenvalue weighted by Crippen LogP contribution is -2.35. The first kappa shape index (κ1) is 22.6. The summed E-state index contributed by atoms with van der Waals surface area (Å²) in [5.41, 5.74) is 1.73. The zero-order valence-corrected chi connectivity index (χ0v) is 18.2. The molecule has 5 rings (SSSR count). The molecule has 0 unspecified atom stereocenters. The molecule has 0 radical (unpaired) electrons. The van der Waals surface area contributed by atoms with Crippen molar-refractivity contribution in [3.63, 3.8) is 0 Å². The maximum atomic E-state index is 13.8. The van der Waals surface area contributed by atoms with Crippen molar-refractivity contribution < 1.29 is 22.4 Å². The van der Waals surface area contributed by atoms with Crippen LogP contribution in [0.25, 0.3) is 0 Å². The molecule has 2 atom stereocenters. The average Bonchev–Trinajstić information content (AvgIpc) is 3.46. The van der Waals surface area contributed by atoms with E-state index in [0.717, 1.165) is 10.2 Å². The first-order valence-electron chi connectivity index (χ1n) is 10.8. The number of alkyl halides is 3. The number of anilines is 2. The molecule has 0 bridgehead atoms. The van der Waals surface area contributed by atoms with Gasteiger partial charge in [0.1, 0.15) is 11.6 Å². The molecule has 180 valence electrons. The van der Waals surface area contributed by atoms with E-state index in [-0.39, 0.29) is 23.7 Å². The third kappa shape index (κ3) is 4.88. The van der Waals surface area contributed by atoms with E-state index in [1.807, 2.05) is 0 Å². The molecule has 2 N–H and O–H groups in total. The number of nitrogens with one attached hydrogen (secondary N) is 2. The molecule has 0 saturated carbocycles. The van der Waals surface area contributed by atoms with Gasteiger partial charge in [-0.1, -0.05) is 42.5 Å². The molecule has 11 heteroatoms. The molecule has 1 aliphatic heterocycles. The Kier molecular flexibility index (Phi) is 5.75. The third-order valence-corrected chi connectivity index (χ3v) is 5.77. The van der Waals surface area contributed by atoms with E-state index in [0.29, 0.717) is 17.8 Å². The van der Waals surface area contributed by atoms with Crippen LogP contribution in [0.3, 0.4) is 0 Å². The summed E-state index contributed by atoms with van der Waals surface area (Å²) in [6.45, 7) is 0.354. The Morgan fingerprint density at radius 3 is 2.57 bits per heavy atom. The summed E-state index contributed by atoms with van der Waals surface area (Å²) < 4.78 is 57.0. The molecule has 0 saturated heterocycles. The quantitative estimate of drug-likeness (QED) is 0.383. The Morgan fingerprint density at radius 2 is 1.86 bits per heavy atom. The Bertz CT molecular complexity index is 1330. The number of benzene rings is 2. The van der Waals surface area contributed by atoms with Crippen LogP contribution in [0.2, 0.25) is 0 Å². The summed E-state index contributed by atoms with van der Waals surface area (Å²) in [5.74, 6) is -0.890. The minimum atomic E-state index is -4.54. The van der Waals surface area contributed by atoms with Crippen LogP contribution < -0.4 is 10.6 Å². The largest absolute Gasteiger partial charge is 0.410 e. The van der Waals surface area contributed by atoms with Crippen molar-refractivity contribution in [2.24, 2.45) is 0 Å². The van der Waals surface area contributed by atoms with Crippen molar-refractivity contribution in [3.8, 4) is 0 Å². The highest BCUT2D eigenvalue weighted by molar-refractivity contribution is 6.03. The summed E-state index contributed by atoms with van der Waals surface area (Å²) in [4.78, 5) is 12.8. The number of carbonyl (C=O) groups excluding carboxylic acids is 1. The standard InChI is InChI=1S/C24H20F4N6O/c25-17-8-6-15(7-9-17)13-33-14-18(12-29-33)30-23(35)20-11-22-31-19(16-4-2-1-3-5-16)10-21(24(26,27)28)34(22)32-20/h1-9,11-12,14,19,21,31H,10,13H2,(H,30,35)/t19-,21+/m0/s1. The highest BCUT2D eigenvalue weighted by atomic mass is 19.4. The number of hydrogen-bond donors (Lipinski definition) is 2. The molecular formula is C24H20F4N6O. The van der Waals surface area contributed by atoms with Gasteiger partial charge in [0.15, 0.2) is 11.7 Å². The number of halogens is 4. The minimum absolute atomic E-state index is 0.115. The molecule has 0 fully saturated rings. The predicted molar refractivity (Wildman–Crippen MR) is 120 cm³/mol. The average molecular weight is 484 g/mol. The second-order valence-corrected chi connectivity index (χ2v) is 8.27. The Morgan fingerprint density at radius 1 is 1.11 bits per heavy atom. The maximum absolute atomic E-state index is 13.8. The van der Waals surface area contributed by atoms with Gasteiger partial charge in [0.2, 0.25) is 0 Å².